The van der Waals surface area contributed by atoms with Crippen LogP contribution in [0.4, 0.5) is 0 Å². The van der Waals surface area contributed by atoms with Crippen molar-refractivity contribution in [3.05, 3.63) is 95.6 Å². The molecule has 7 nitrogen and oxygen atoms in total. The summed E-state index contributed by atoms with van der Waals surface area (Å²) < 4.78 is 5.51. The Balaban J connectivity index is 1.83. The predicted octanol–water partition coefficient (Wildman–Crippen LogP) is 3.50. The molecular weight excluding hydrogens is 394 g/mol. The fourth-order valence-electron chi connectivity index (χ4n) is 3.67. The van der Waals surface area contributed by atoms with Crippen LogP contribution < -0.4 is 4.74 Å². The Morgan fingerprint density at radius 1 is 1.06 bits per heavy atom. The maximum absolute atomic E-state index is 13.0. The zero-order chi connectivity index (χ0) is 21.8. The minimum atomic E-state index is -0.773. The van der Waals surface area contributed by atoms with Crippen molar-refractivity contribution in [2.24, 2.45) is 0 Å². The molecule has 156 valence electrons. The molecule has 7 heteroatoms. The van der Waals surface area contributed by atoms with E-state index >= 15 is 0 Å². The molecule has 0 spiro atoms. The summed E-state index contributed by atoms with van der Waals surface area (Å²) in [7, 11) is 0. The van der Waals surface area contributed by atoms with Gasteiger partial charge in [0.25, 0.3) is 11.7 Å². The van der Waals surface area contributed by atoms with Gasteiger partial charge >= 0.3 is 0 Å². The summed E-state index contributed by atoms with van der Waals surface area (Å²) in [5, 5.41) is 11.1. The molecule has 0 radical (unpaired) electrons. The lowest BCUT2D eigenvalue weighted by Gasteiger charge is -2.25. The first-order valence-corrected chi connectivity index (χ1v) is 9.90. The lowest BCUT2D eigenvalue weighted by molar-refractivity contribution is -0.140. The molecule has 1 saturated heterocycles. The molecule has 4 rings (SSSR count). The highest BCUT2D eigenvalue weighted by Crippen LogP contribution is 2.40. The average molecular weight is 415 g/mol. The van der Waals surface area contributed by atoms with E-state index in [1.165, 1.54) is 4.90 Å². The first-order chi connectivity index (χ1) is 15.1. The second-order valence-corrected chi connectivity index (χ2v) is 7.04. The number of hydrogen-bond acceptors (Lipinski definition) is 6. The quantitative estimate of drug-likeness (QED) is 0.376. The van der Waals surface area contributed by atoms with Crippen LogP contribution in [0.1, 0.15) is 29.7 Å². The summed E-state index contributed by atoms with van der Waals surface area (Å²) in [5.74, 6) is -1.10. The first kappa shape index (κ1) is 20.3. The van der Waals surface area contributed by atoms with Crippen molar-refractivity contribution >= 4 is 17.4 Å². The highest BCUT2D eigenvalue weighted by Gasteiger charge is 2.46. The Bertz CT molecular complexity index is 1130. The van der Waals surface area contributed by atoms with Gasteiger partial charge in [0, 0.05) is 36.9 Å². The molecule has 0 bridgehead atoms. The molecule has 0 aliphatic carbocycles. The van der Waals surface area contributed by atoms with Crippen molar-refractivity contribution < 1.29 is 19.4 Å². The maximum atomic E-state index is 13.0. The van der Waals surface area contributed by atoms with Gasteiger partial charge < -0.3 is 14.7 Å². The van der Waals surface area contributed by atoms with Gasteiger partial charge in [0.2, 0.25) is 0 Å². The highest BCUT2D eigenvalue weighted by atomic mass is 16.5. The highest BCUT2D eigenvalue weighted by molar-refractivity contribution is 6.46. The number of pyridine rings is 2. The monoisotopic (exact) mass is 415 g/mol. The number of carbonyl (C=O) groups is 2. The number of aliphatic hydroxyl groups excluding tert-OH is 1. The fraction of sp³-hybridized carbons (Fsp3) is 0.167. The molecule has 1 fully saturated rings. The second-order valence-electron chi connectivity index (χ2n) is 7.04. The molecule has 0 unspecified atom stereocenters. The molecule has 2 aromatic heterocycles. The van der Waals surface area contributed by atoms with Gasteiger partial charge in [-0.1, -0.05) is 24.3 Å². The fourth-order valence-corrected chi connectivity index (χ4v) is 3.67. The number of carbonyl (C=O) groups excluding carboxylic acids is 2. The molecule has 3 heterocycles. The van der Waals surface area contributed by atoms with Crippen LogP contribution in [0.5, 0.6) is 5.75 Å². The standard InChI is InChI=1S/C24H21N3O4/c1-2-31-19-9-3-7-17(12-19)22(28)20-21(18-8-5-11-26-14-18)27(24(30)23(20)29)15-16-6-4-10-25-13-16/h3-14,21,28H,2,15H2,1H3/t21-/m1/s1. The van der Waals surface area contributed by atoms with Crippen LogP contribution in [0.25, 0.3) is 5.76 Å². The summed E-state index contributed by atoms with van der Waals surface area (Å²) >= 11 is 0. The van der Waals surface area contributed by atoms with E-state index in [0.29, 0.717) is 23.5 Å². The van der Waals surface area contributed by atoms with Gasteiger partial charge in [-0.05, 0) is 42.3 Å². The van der Waals surface area contributed by atoms with Crippen LogP contribution in [0.3, 0.4) is 0 Å². The second kappa shape index (κ2) is 8.79. The third-order valence-corrected chi connectivity index (χ3v) is 5.03. The van der Waals surface area contributed by atoms with E-state index in [2.05, 4.69) is 9.97 Å². The molecule has 1 amide bonds. The number of amides is 1. The van der Waals surface area contributed by atoms with E-state index < -0.39 is 17.7 Å². The van der Waals surface area contributed by atoms with Crippen molar-refractivity contribution in [1.82, 2.24) is 14.9 Å². The summed E-state index contributed by atoms with van der Waals surface area (Å²) in [6, 6.07) is 13.1. The molecule has 1 N–H and O–H groups in total. The van der Waals surface area contributed by atoms with Gasteiger partial charge in [0.15, 0.2) is 0 Å². The minimum Gasteiger partial charge on any atom is -0.507 e. The Labute approximate surface area is 179 Å². The predicted molar refractivity (Wildman–Crippen MR) is 114 cm³/mol. The SMILES string of the molecule is CCOc1cccc(C(O)=C2C(=O)C(=O)N(Cc3cccnc3)[C@@H]2c2cccnc2)c1. The van der Waals surface area contributed by atoms with Crippen molar-refractivity contribution in [2.45, 2.75) is 19.5 Å². The van der Waals surface area contributed by atoms with Gasteiger partial charge in [0.05, 0.1) is 18.2 Å². The Kier molecular flexibility index (Phi) is 5.75. The summed E-state index contributed by atoms with van der Waals surface area (Å²) in [4.78, 5) is 35.7. The number of aromatic nitrogens is 2. The summed E-state index contributed by atoms with van der Waals surface area (Å²) in [6.45, 7) is 2.50. The van der Waals surface area contributed by atoms with E-state index in [1.807, 2.05) is 13.0 Å². The summed E-state index contributed by atoms with van der Waals surface area (Å²) in [5.41, 5.74) is 1.83. The van der Waals surface area contributed by atoms with E-state index in [4.69, 9.17) is 4.74 Å². The zero-order valence-corrected chi connectivity index (χ0v) is 16.9. The largest absolute Gasteiger partial charge is 0.507 e. The number of likely N-dealkylation sites (tertiary alicyclic amines) is 1. The van der Waals surface area contributed by atoms with Gasteiger partial charge in [-0.15, -0.1) is 0 Å². The number of aliphatic hydroxyl groups is 1. The summed E-state index contributed by atoms with van der Waals surface area (Å²) in [6.07, 6.45) is 6.49. The number of Topliss-reactive ketones (excluding diaryl/α,β-unsaturated/α-hetero) is 1. The average Bonchev–Trinajstić information content (AvgIpc) is 3.05. The lowest BCUT2D eigenvalue weighted by Crippen LogP contribution is -2.29. The zero-order valence-electron chi connectivity index (χ0n) is 16.9. The van der Waals surface area contributed by atoms with Crippen LogP contribution in [-0.4, -0.2) is 38.3 Å². The third kappa shape index (κ3) is 4.02. The Morgan fingerprint density at radius 2 is 1.84 bits per heavy atom. The number of nitrogens with zero attached hydrogens (tertiary/aromatic N) is 3. The number of rotatable bonds is 6. The minimum absolute atomic E-state index is 0.0236. The van der Waals surface area contributed by atoms with Gasteiger partial charge in [-0.25, -0.2) is 0 Å². The number of benzene rings is 1. The van der Waals surface area contributed by atoms with Crippen molar-refractivity contribution in [2.75, 3.05) is 6.61 Å². The van der Waals surface area contributed by atoms with Crippen LogP contribution in [0.15, 0.2) is 78.9 Å². The van der Waals surface area contributed by atoms with Crippen LogP contribution >= 0.6 is 0 Å². The van der Waals surface area contributed by atoms with Crippen LogP contribution in [-0.2, 0) is 16.1 Å². The number of ketones is 1. The topological polar surface area (TPSA) is 92.6 Å². The van der Waals surface area contributed by atoms with Crippen LogP contribution in [0.2, 0.25) is 0 Å². The van der Waals surface area contributed by atoms with Crippen molar-refractivity contribution in [1.29, 1.82) is 0 Å². The van der Waals surface area contributed by atoms with E-state index in [1.54, 1.807) is 67.3 Å². The molecule has 1 atom stereocenters. The molecule has 1 aliphatic rings. The number of ether oxygens (including phenoxy) is 1. The van der Waals surface area contributed by atoms with Crippen LogP contribution in [0, 0.1) is 0 Å². The normalized spacial score (nSPS) is 17.7. The van der Waals surface area contributed by atoms with E-state index in [-0.39, 0.29) is 17.9 Å². The molecule has 0 saturated carbocycles. The molecule has 3 aromatic rings. The maximum Gasteiger partial charge on any atom is 0.295 e. The third-order valence-electron chi connectivity index (χ3n) is 5.03. The van der Waals surface area contributed by atoms with E-state index in [9.17, 15) is 14.7 Å². The molecule has 1 aromatic carbocycles. The smallest absolute Gasteiger partial charge is 0.295 e. The van der Waals surface area contributed by atoms with Gasteiger partial charge in [0.1, 0.15) is 11.5 Å². The Hall–Kier alpha value is -4.00. The lowest BCUT2D eigenvalue weighted by atomic mass is 9.96. The van der Waals surface area contributed by atoms with Gasteiger partial charge in [-0.2, -0.15) is 0 Å². The Morgan fingerprint density at radius 3 is 2.52 bits per heavy atom. The molecular formula is C24H21N3O4. The van der Waals surface area contributed by atoms with Crippen molar-refractivity contribution in [3.63, 3.8) is 0 Å². The molecule has 1 aliphatic heterocycles. The van der Waals surface area contributed by atoms with Crippen molar-refractivity contribution in [3.8, 4) is 5.75 Å². The number of hydrogen-bond donors (Lipinski definition) is 1. The molecule has 31 heavy (non-hydrogen) atoms. The van der Waals surface area contributed by atoms with E-state index in [0.717, 1.165) is 5.56 Å². The van der Waals surface area contributed by atoms with Gasteiger partial charge in [-0.3, -0.25) is 19.6 Å². The first-order valence-electron chi connectivity index (χ1n) is 9.90.